The molecule has 1 aliphatic heterocycles. The third kappa shape index (κ3) is 3.32. The predicted octanol–water partition coefficient (Wildman–Crippen LogP) is 2.68. The molecule has 0 saturated carbocycles. The Morgan fingerprint density at radius 1 is 1.38 bits per heavy atom. The zero-order chi connectivity index (χ0) is 15.6. The molecular weight excluding hydrogens is 270 g/mol. The molecule has 1 aromatic rings. The molecule has 2 heterocycles. The summed E-state index contributed by atoms with van der Waals surface area (Å²) in [6.07, 6.45) is 2.49. The first kappa shape index (κ1) is 15.3. The Morgan fingerprint density at radius 3 is 2.76 bits per heavy atom. The third-order valence-corrected chi connectivity index (χ3v) is 4.11. The minimum absolute atomic E-state index is 0.131. The van der Waals surface area contributed by atoms with Gasteiger partial charge in [0, 0.05) is 18.8 Å². The van der Waals surface area contributed by atoms with E-state index in [1.807, 2.05) is 6.92 Å². The molecule has 1 aliphatic rings. The van der Waals surface area contributed by atoms with Crippen LogP contribution in [-0.2, 0) is 0 Å². The van der Waals surface area contributed by atoms with Crippen LogP contribution in [0.25, 0.3) is 0 Å². The topological polar surface area (TPSA) is 82.5 Å². The maximum absolute atomic E-state index is 12.4. The zero-order valence-corrected chi connectivity index (χ0v) is 12.5. The minimum Gasteiger partial charge on any atom is -0.476 e. The quantitative estimate of drug-likeness (QED) is 0.877. The number of carboxylic acid groups (broad SMARTS) is 1. The summed E-state index contributed by atoms with van der Waals surface area (Å²) in [4.78, 5) is 29.1. The van der Waals surface area contributed by atoms with Crippen molar-refractivity contribution < 1.29 is 14.7 Å². The average Bonchev–Trinajstić information content (AvgIpc) is 2.43. The number of carbonyl (C=O) groups excluding carboxylic acids is 1. The van der Waals surface area contributed by atoms with Crippen LogP contribution in [0.2, 0.25) is 0 Å². The highest BCUT2D eigenvalue weighted by Gasteiger charge is 2.32. The molecule has 0 aliphatic carbocycles. The summed E-state index contributed by atoms with van der Waals surface area (Å²) in [5.41, 5.74) is 0.0877. The second-order valence-corrected chi connectivity index (χ2v) is 5.85. The molecule has 2 N–H and O–H groups in total. The van der Waals surface area contributed by atoms with Crippen LogP contribution in [0.5, 0.6) is 0 Å². The van der Waals surface area contributed by atoms with Gasteiger partial charge in [-0.05, 0) is 37.3 Å². The van der Waals surface area contributed by atoms with Crippen LogP contribution in [-0.4, -0.2) is 39.6 Å². The van der Waals surface area contributed by atoms with Crippen molar-refractivity contribution in [3.8, 4) is 0 Å². The summed E-state index contributed by atoms with van der Waals surface area (Å²) in [7, 11) is 0. The molecule has 3 atom stereocenters. The van der Waals surface area contributed by atoms with Gasteiger partial charge in [-0.1, -0.05) is 13.8 Å². The van der Waals surface area contributed by atoms with Crippen molar-refractivity contribution in [3.05, 3.63) is 24.0 Å². The monoisotopic (exact) mass is 291 g/mol. The predicted molar refractivity (Wildman–Crippen MR) is 79.3 cm³/mol. The summed E-state index contributed by atoms with van der Waals surface area (Å²) >= 11 is 0. The molecule has 0 aromatic carbocycles. The van der Waals surface area contributed by atoms with E-state index in [0.29, 0.717) is 18.4 Å². The van der Waals surface area contributed by atoms with Crippen molar-refractivity contribution in [1.82, 2.24) is 9.88 Å². The van der Waals surface area contributed by atoms with Crippen LogP contribution >= 0.6 is 0 Å². The van der Waals surface area contributed by atoms with E-state index in [1.54, 1.807) is 17.0 Å². The van der Waals surface area contributed by atoms with Gasteiger partial charge < -0.3 is 15.3 Å². The number of nitrogens with one attached hydrogen (secondary N) is 1. The van der Waals surface area contributed by atoms with Gasteiger partial charge in [0.1, 0.15) is 0 Å². The highest BCUT2D eigenvalue weighted by molar-refractivity contribution is 5.98. The number of anilines is 1. The first-order valence-corrected chi connectivity index (χ1v) is 7.16. The van der Waals surface area contributed by atoms with Gasteiger partial charge in [0.2, 0.25) is 0 Å². The first-order valence-electron chi connectivity index (χ1n) is 7.16. The molecule has 1 aromatic heterocycles. The number of hydrogen-bond acceptors (Lipinski definition) is 3. The van der Waals surface area contributed by atoms with Crippen LogP contribution < -0.4 is 5.32 Å². The fourth-order valence-corrected chi connectivity index (χ4v) is 2.85. The Hall–Kier alpha value is -2.11. The Kier molecular flexibility index (Phi) is 4.45. The SMILES string of the molecule is CC1CC(C)C(C)N(C(=O)Nc2cccnc2C(=O)O)C1. The van der Waals surface area contributed by atoms with E-state index < -0.39 is 5.97 Å². The molecule has 6 heteroatoms. The van der Waals surface area contributed by atoms with Crippen molar-refractivity contribution in [3.63, 3.8) is 0 Å². The van der Waals surface area contributed by atoms with Gasteiger partial charge in [0.25, 0.3) is 0 Å². The van der Waals surface area contributed by atoms with E-state index in [1.165, 1.54) is 6.20 Å². The second-order valence-electron chi connectivity index (χ2n) is 5.85. The number of nitrogens with zero attached hydrogens (tertiary/aromatic N) is 2. The molecule has 6 nitrogen and oxygen atoms in total. The third-order valence-electron chi connectivity index (χ3n) is 4.11. The van der Waals surface area contributed by atoms with Crippen LogP contribution in [0.4, 0.5) is 10.5 Å². The second kappa shape index (κ2) is 6.11. The number of amides is 2. The Labute approximate surface area is 124 Å². The number of aromatic nitrogens is 1. The fourth-order valence-electron chi connectivity index (χ4n) is 2.85. The lowest BCUT2D eigenvalue weighted by molar-refractivity contribution is 0.0691. The smallest absolute Gasteiger partial charge is 0.356 e. The largest absolute Gasteiger partial charge is 0.476 e. The summed E-state index contributed by atoms with van der Waals surface area (Å²) < 4.78 is 0. The van der Waals surface area contributed by atoms with E-state index in [2.05, 4.69) is 24.1 Å². The summed E-state index contributed by atoms with van der Waals surface area (Å²) in [6.45, 7) is 6.96. The highest BCUT2D eigenvalue weighted by atomic mass is 16.4. The van der Waals surface area contributed by atoms with Crippen molar-refractivity contribution in [1.29, 1.82) is 0 Å². The van der Waals surface area contributed by atoms with E-state index >= 15 is 0 Å². The number of aromatic carboxylic acids is 1. The molecule has 114 valence electrons. The van der Waals surface area contributed by atoms with Gasteiger partial charge in [-0.15, -0.1) is 0 Å². The van der Waals surface area contributed by atoms with Crippen molar-refractivity contribution >= 4 is 17.7 Å². The first-order chi connectivity index (χ1) is 9.90. The Bertz CT molecular complexity index is 547. The molecule has 2 amide bonds. The number of pyridine rings is 1. The molecule has 2 rings (SSSR count). The molecular formula is C15H21N3O3. The van der Waals surface area contributed by atoms with Crippen LogP contribution in [0.1, 0.15) is 37.7 Å². The van der Waals surface area contributed by atoms with Crippen molar-refractivity contribution in [2.45, 2.75) is 33.2 Å². The van der Waals surface area contributed by atoms with E-state index in [9.17, 15) is 9.59 Å². The summed E-state index contributed by atoms with van der Waals surface area (Å²) in [5, 5.41) is 11.8. The van der Waals surface area contributed by atoms with Crippen LogP contribution in [0.15, 0.2) is 18.3 Å². The van der Waals surface area contributed by atoms with E-state index in [-0.39, 0.29) is 23.5 Å². The number of urea groups is 1. The van der Waals surface area contributed by atoms with Gasteiger partial charge in [-0.3, -0.25) is 0 Å². The lowest BCUT2D eigenvalue weighted by Gasteiger charge is -2.41. The number of rotatable bonds is 2. The van der Waals surface area contributed by atoms with Gasteiger partial charge in [0.15, 0.2) is 5.69 Å². The lowest BCUT2D eigenvalue weighted by Crippen LogP contribution is -2.50. The zero-order valence-electron chi connectivity index (χ0n) is 12.5. The number of hydrogen-bond donors (Lipinski definition) is 2. The highest BCUT2D eigenvalue weighted by Crippen LogP contribution is 2.27. The van der Waals surface area contributed by atoms with Gasteiger partial charge in [-0.2, -0.15) is 0 Å². The Balaban J connectivity index is 2.16. The summed E-state index contributed by atoms with van der Waals surface area (Å²) in [6, 6.07) is 3.02. The van der Waals surface area contributed by atoms with Crippen LogP contribution in [0.3, 0.4) is 0 Å². The van der Waals surface area contributed by atoms with Gasteiger partial charge in [0.05, 0.1) is 5.69 Å². The van der Waals surface area contributed by atoms with Crippen molar-refractivity contribution in [2.24, 2.45) is 11.8 Å². The maximum atomic E-state index is 12.4. The van der Waals surface area contributed by atoms with Crippen molar-refractivity contribution in [2.75, 3.05) is 11.9 Å². The standard InChI is InChI=1S/C15H21N3O3/c1-9-7-10(2)11(3)18(8-9)15(21)17-12-5-4-6-16-13(12)14(19)20/h4-6,9-11H,7-8H2,1-3H3,(H,17,21)(H,19,20). The molecule has 3 unspecified atom stereocenters. The fraction of sp³-hybridized carbons (Fsp3) is 0.533. The number of likely N-dealkylation sites (tertiary alicyclic amines) is 1. The summed E-state index contributed by atoms with van der Waals surface area (Å²) in [5.74, 6) is -0.290. The number of carbonyl (C=O) groups is 2. The minimum atomic E-state index is -1.15. The Morgan fingerprint density at radius 2 is 2.10 bits per heavy atom. The normalized spacial score (nSPS) is 25.5. The molecule has 0 spiro atoms. The molecule has 1 fully saturated rings. The number of piperidine rings is 1. The van der Waals surface area contributed by atoms with E-state index in [0.717, 1.165) is 6.42 Å². The average molecular weight is 291 g/mol. The molecule has 21 heavy (non-hydrogen) atoms. The van der Waals surface area contributed by atoms with E-state index in [4.69, 9.17) is 5.11 Å². The molecule has 1 saturated heterocycles. The van der Waals surface area contributed by atoms with Gasteiger partial charge in [-0.25, -0.2) is 14.6 Å². The lowest BCUT2D eigenvalue weighted by atomic mass is 9.86. The van der Waals surface area contributed by atoms with Crippen LogP contribution in [0, 0.1) is 11.8 Å². The number of carboxylic acids is 1. The molecule has 0 radical (unpaired) electrons. The van der Waals surface area contributed by atoms with Gasteiger partial charge >= 0.3 is 12.0 Å². The molecule has 0 bridgehead atoms. The maximum Gasteiger partial charge on any atom is 0.356 e.